The standard InChI is InChI=1S/C18H19N9O2/c1-3-12(15(20)28)23-18-24-17(14(16(21)29)25-26-18)22-10-4-5-11-9(7-19)8-27(2)13(11)6-10/h4-6,8-9,12H,3H2,1-2H3,(H5-,20,21,22,23,24,26,28,29)/p+1/t9?,12-/m1/s1. The fourth-order valence-electron chi connectivity index (χ4n) is 2.98. The van der Waals surface area contributed by atoms with Gasteiger partial charge in [0.05, 0.1) is 11.6 Å². The first-order valence-corrected chi connectivity index (χ1v) is 8.82. The molecule has 0 aliphatic carbocycles. The van der Waals surface area contributed by atoms with Crippen LogP contribution in [0.5, 0.6) is 0 Å². The van der Waals surface area contributed by atoms with Crippen LogP contribution in [0.15, 0.2) is 18.2 Å². The Bertz CT molecular complexity index is 1060. The molecule has 0 radical (unpaired) electrons. The van der Waals surface area contributed by atoms with Crippen molar-refractivity contribution < 1.29 is 14.2 Å². The van der Waals surface area contributed by atoms with E-state index < -0.39 is 17.9 Å². The van der Waals surface area contributed by atoms with Gasteiger partial charge in [0, 0.05) is 11.8 Å². The Morgan fingerprint density at radius 2 is 2.10 bits per heavy atom. The molecule has 0 spiro atoms. The second-order valence-corrected chi connectivity index (χ2v) is 6.47. The van der Waals surface area contributed by atoms with Crippen LogP contribution in [-0.2, 0) is 4.79 Å². The number of aromatic nitrogens is 3. The molecule has 1 aromatic carbocycles. The van der Waals surface area contributed by atoms with Gasteiger partial charge in [-0.2, -0.15) is 10.2 Å². The monoisotopic (exact) mass is 394 g/mol. The molecule has 2 heterocycles. The highest BCUT2D eigenvalue weighted by atomic mass is 16.1. The maximum Gasteiger partial charge on any atom is 0.273 e. The number of carbonyl (C=O) groups excluding carboxylic acids is 2. The van der Waals surface area contributed by atoms with E-state index in [1.165, 1.54) is 0 Å². The molecule has 11 nitrogen and oxygen atoms in total. The molecule has 29 heavy (non-hydrogen) atoms. The Morgan fingerprint density at radius 3 is 2.72 bits per heavy atom. The minimum Gasteiger partial charge on any atom is -0.368 e. The summed E-state index contributed by atoms with van der Waals surface area (Å²) in [5.74, 6) is -1.58. The maximum atomic E-state index is 11.7. The first-order valence-electron chi connectivity index (χ1n) is 8.82. The number of rotatable bonds is 7. The maximum absolute atomic E-state index is 11.7. The SMILES string of the molecule is CC[C@@H](Nc1nnc(C(N)=O)c(Nc2ccc3c(c2)[N+](C)=CC3C#N)n1)C(N)=O. The number of benzene rings is 1. The summed E-state index contributed by atoms with van der Waals surface area (Å²) in [6, 6.07) is 6.95. The normalized spacial score (nSPS) is 15.6. The van der Waals surface area contributed by atoms with Crippen molar-refractivity contribution in [1.82, 2.24) is 15.2 Å². The van der Waals surface area contributed by atoms with Crippen LogP contribution in [-0.4, -0.2) is 50.9 Å². The lowest BCUT2D eigenvalue weighted by Crippen LogP contribution is -2.35. The highest BCUT2D eigenvalue weighted by molar-refractivity contribution is 5.96. The quantitative estimate of drug-likeness (QED) is 0.486. The van der Waals surface area contributed by atoms with Crippen LogP contribution in [0.4, 0.5) is 23.1 Å². The first-order chi connectivity index (χ1) is 13.8. The van der Waals surface area contributed by atoms with E-state index in [9.17, 15) is 14.9 Å². The molecule has 11 heteroatoms. The van der Waals surface area contributed by atoms with Crippen molar-refractivity contribution in [2.24, 2.45) is 11.5 Å². The number of nitriles is 1. The third-order valence-corrected chi connectivity index (χ3v) is 4.50. The summed E-state index contributed by atoms with van der Waals surface area (Å²) < 4.78 is 1.85. The Kier molecular flexibility index (Phi) is 5.36. The zero-order valence-electron chi connectivity index (χ0n) is 15.9. The third-order valence-electron chi connectivity index (χ3n) is 4.50. The summed E-state index contributed by atoms with van der Waals surface area (Å²) in [6.07, 6.45) is 2.24. The minimum atomic E-state index is -0.808. The molecule has 1 aliphatic rings. The predicted octanol–water partition coefficient (Wildman–Crippen LogP) is 0.355. The van der Waals surface area contributed by atoms with E-state index in [4.69, 9.17) is 11.5 Å². The van der Waals surface area contributed by atoms with Crippen LogP contribution < -0.4 is 22.1 Å². The van der Waals surface area contributed by atoms with Gasteiger partial charge < -0.3 is 22.1 Å². The summed E-state index contributed by atoms with van der Waals surface area (Å²) in [5, 5.41) is 22.6. The molecule has 0 saturated heterocycles. The van der Waals surface area contributed by atoms with Crippen LogP contribution in [0.25, 0.3) is 0 Å². The molecule has 1 aromatic heterocycles. The number of hydrogen-bond acceptors (Lipinski definition) is 8. The minimum absolute atomic E-state index is 0.0271. The van der Waals surface area contributed by atoms with Crippen molar-refractivity contribution in [3.63, 3.8) is 0 Å². The van der Waals surface area contributed by atoms with Crippen LogP contribution in [0.2, 0.25) is 0 Å². The molecule has 3 rings (SSSR count). The van der Waals surface area contributed by atoms with Crippen molar-refractivity contribution in [1.29, 1.82) is 5.26 Å². The molecule has 2 amide bonds. The average molecular weight is 394 g/mol. The second kappa shape index (κ2) is 7.89. The fraction of sp³-hybridized carbons (Fsp3) is 0.278. The number of hydrogen-bond donors (Lipinski definition) is 4. The zero-order valence-corrected chi connectivity index (χ0v) is 15.9. The van der Waals surface area contributed by atoms with Gasteiger partial charge in [-0.3, -0.25) is 9.59 Å². The molecular weight excluding hydrogens is 374 g/mol. The number of fused-ring (bicyclic) bond motifs is 1. The Balaban J connectivity index is 1.94. The average Bonchev–Trinajstić information content (AvgIpc) is 3.01. The van der Waals surface area contributed by atoms with Crippen LogP contribution >= 0.6 is 0 Å². The molecule has 6 N–H and O–H groups in total. The van der Waals surface area contributed by atoms with Crippen LogP contribution in [0.3, 0.4) is 0 Å². The van der Waals surface area contributed by atoms with Gasteiger partial charge in [0.2, 0.25) is 17.5 Å². The third kappa shape index (κ3) is 3.96. The summed E-state index contributed by atoms with van der Waals surface area (Å²) in [7, 11) is 1.85. The van der Waals surface area contributed by atoms with E-state index in [0.717, 1.165) is 11.3 Å². The van der Waals surface area contributed by atoms with E-state index in [-0.39, 0.29) is 23.4 Å². The predicted molar refractivity (Wildman–Crippen MR) is 105 cm³/mol. The molecular formula is C18H20N9O2+. The summed E-state index contributed by atoms with van der Waals surface area (Å²) >= 11 is 0. The van der Waals surface area contributed by atoms with Crippen molar-refractivity contribution in [2.75, 3.05) is 17.7 Å². The van der Waals surface area contributed by atoms with E-state index in [0.29, 0.717) is 12.1 Å². The summed E-state index contributed by atoms with van der Waals surface area (Å²) in [6.45, 7) is 1.78. The highest BCUT2D eigenvalue weighted by Gasteiger charge is 2.29. The van der Waals surface area contributed by atoms with E-state index in [1.807, 2.05) is 30.0 Å². The van der Waals surface area contributed by atoms with Gasteiger partial charge in [0.15, 0.2) is 23.6 Å². The largest absolute Gasteiger partial charge is 0.368 e. The van der Waals surface area contributed by atoms with Crippen molar-refractivity contribution in [3.8, 4) is 6.07 Å². The Labute approximate surface area is 166 Å². The van der Waals surface area contributed by atoms with E-state index in [1.54, 1.807) is 13.0 Å². The van der Waals surface area contributed by atoms with Gasteiger partial charge in [0.1, 0.15) is 13.1 Å². The first kappa shape index (κ1) is 19.7. The fourth-order valence-corrected chi connectivity index (χ4v) is 2.98. The molecule has 2 atom stereocenters. The van der Waals surface area contributed by atoms with Gasteiger partial charge in [0.25, 0.3) is 5.91 Å². The summed E-state index contributed by atoms with van der Waals surface area (Å²) in [5.41, 5.74) is 12.9. The summed E-state index contributed by atoms with van der Waals surface area (Å²) in [4.78, 5) is 27.4. The van der Waals surface area contributed by atoms with Gasteiger partial charge in [-0.1, -0.05) is 6.92 Å². The lowest BCUT2D eigenvalue weighted by Gasteiger charge is -2.14. The van der Waals surface area contributed by atoms with Crippen molar-refractivity contribution in [3.05, 3.63) is 29.5 Å². The molecule has 0 fully saturated rings. The number of nitrogens with zero attached hydrogens (tertiary/aromatic N) is 5. The molecule has 0 bridgehead atoms. The number of carbonyl (C=O) groups is 2. The lowest BCUT2D eigenvalue weighted by molar-refractivity contribution is -0.396. The van der Waals surface area contributed by atoms with Gasteiger partial charge in [-0.25, -0.2) is 4.58 Å². The second-order valence-electron chi connectivity index (χ2n) is 6.47. The molecule has 1 aliphatic heterocycles. The Morgan fingerprint density at radius 1 is 1.34 bits per heavy atom. The van der Waals surface area contributed by atoms with Gasteiger partial charge in [-0.15, -0.1) is 10.2 Å². The molecule has 2 aromatic rings. The highest BCUT2D eigenvalue weighted by Crippen LogP contribution is 2.33. The number of amides is 2. The lowest BCUT2D eigenvalue weighted by atomic mass is 10.0. The number of anilines is 3. The van der Waals surface area contributed by atoms with Crippen LogP contribution in [0.1, 0.15) is 35.3 Å². The van der Waals surface area contributed by atoms with Crippen molar-refractivity contribution >= 4 is 41.2 Å². The molecule has 1 unspecified atom stereocenters. The van der Waals surface area contributed by atoms with Crippen LogP contribution in [0, 0.1) is 11.3 Å². The van der Waals surface area contributed by atoms with E-state index in [2.05, 4.69) is 31.9 Å². The number of nitrogens with one attached hydrogen (secondary N) is 2. The smallest absolute Gasteiger partial charge is 0.273 e. The Hall–Kier alpha value is -4.07. The topological polar surface area (TPSA) is 176 Å². The zero-order chi connectivity index (χ0) is 21.1. The number of nitrogens with two attached hydrogens (primary N) is 2. The van der Waals surface area contributed by atoms with Gasteiger partial charge >= 0.3 is 0 Å². The van der Waals surface area contributed by atoms with Crippen molar-refractivity contribution in [2.45, 2.75) is 25.3 Å². The van der Waals surface area contributed by atoms with E-state index >= 15 is 0 Å². The molecule has 148 valence electrons. The molecule has 0 saturated carbocycles. The van der Waals surface area contributed by atoms with Gasteiger partial charge in [-0.05, 0) is 18.6 Å². The number of primary amides is 2.